The summed E-state index contributed by atoms with van der Waals surface area (Å²) in [6.07, 6.45) is 0. The van der Waals surface area contributed by atoms with E-state index in [9.17, 15) is 9.90 Å². The van der Waals surface area contributed by atoms with Gasteiger partial charge in [0, 0.05) is 14.9 Å². The van der Waals surface area contributed by atoms with Crippen LogP contribution in [0.1, 0.15) is 26.8 Å². The lowest BCUT2D eigenvalue weighted by Gasteiger charge is -2.14. The number of thiophene rings is 1. The molecule has 19 heavy (non-hydrogen) atoms. The summed E-state index contributed by atoms with van der Waals surface area (Å²) in [5.41, 5.74) is 6.27. The van der Waals surface area contributed by atoms with E-state index < -0.39 is 12.0 Å². The summed E-state index contributed by atoms with van der Waals surface area (Å²) >= 11 is 4.68. The third-order valence-electron chi connectivity index (χ3n) is 2.52. The molecule has 4 nitrogen and oxygen atoms in total. The Balaban J connectivity index is 0.00000180. The normalized spacial score (nSPS) is 11.7. The molecular weight excluding hydrogens is 354 g/mol. The van der Waals surface area contributed by atoms with Gasteiger partial charge in [-0.15, -0.1) is 23.7 Å². The molecule has 0 spiro atoms. The molecule has 0 unspecified atom stereocenters. The van der Waals surface area contributed by atoms with Gasteiger partial charge in [-0.25, -0.2) is 4.79 Å². The number of carboxylic acid groups (broad SMARTS) is 1. The van der Waals surface area contributed by atoms with E-state index in [-0.39, 0.29) is 23.7 Å². The zero-order chi connectivity index (χ0) is 13.3. The summed E-state index contributed by atoms with van der Waals surface area (Å²) in [4.78, 5) is 11.9. The fourth-order valence-electron chi connectivity index (χ4n) is 1.64. The molecule has 0 aliphatic heterocycles. The molecule has 0 amide bonds. The number of nitrogens with two attached hydrogens (primary N) is 1. The number of hydrogen-bond acceptors (Lipinski definition) is 4. The Morgan fingerprint density at radius 3 is 2.63 bits per heavy atom. The molecule has 0 aliphatic carbocycles. The van der Waals surface area contributed by atoms with Crippen molar-refractivity contribution in [1.82, 2.24) is 0 Å². The Morgan fingerprint density at radius 2 is 2.11 bits per heavy atom. The van der Waals surface area contributed by atoms with Gasteiger partial charge in [0.2, 0.25) is 0 Å². The van der Waals surface area contributed by atoms with Crippen molar-refractivity contribution >= 4 is 45.6 Å². The van der Waals surface area contributed by atoms with Crippen LogP contribution in [-0.4, -0.2) is 16.2 Å². The van der Waals surface area contributed by atoms with Gasteiger partial charge in [-0.2, -0.15) is 0 Å². The standard InChI is InChI=1S/C12H10BrNO3S.ClH/c13-6-4-7(10(14)9-2-1-3-18-9)11(15)8(5-6)12(16)17;/h1-5,10,15H,14H2,(H,16,17);1H/t10-;/m1./s1. The highest BCUT2D eigenvalue weighted by atomic mass is 79.9. The number of rotatable bonds is 3. The summed E-state index contributed by atoms with van der Waals surface area (Å²) in [6, 6.07) is 6.14. The van der Waals surface area contributed by atoms with Gasteiger partial charge in [-0.1, -0.05) is 22.0 Å². The second kappa shape index (κ2) is 6.38. The minimum absolute atomic E-state index is 0. The number of aromatic hydroxyl groups is 1. The van der Waals surface area contributed by atoms with E-state index in [1.807, 2.05) is 17.5 Å². The topological polar surface area (TPSA) is 83.6 Å². The lowest BCUT2D eigenvalue weighted by atomic mass is 10.0. The van der Waals surface area contributed by atoms with Crippen molar-refractivity contribution in [3.05, 3.63) is 50.1 Å². The lowest BCUT2D eigenvalue weighted by molar-refractivity contribution is 0.0693. The first-order valence-electron chi connectivity index (χ1n) is 5.05. The van der Waals surface area contributed by atoms with Gasteiger partial charge >= 0.3 is 5.97 Å². The summed E-state index contributed by atoms with van der Waals surface area (Å²) in [5, 5.41) is 20.9. The van der Waals surface area contributed by atoms with E-state index in [0.717, 1.165) is 4.88 Å². The average Bonchev–Trinajstić information content (AvgIpc) is 2.84. The Morgan fingerprint density at radius 1 is 1.42 bits per heavy atom. The first kappa shape index (κ1) is 16.0. The minimum atomic E-state index is -1.19. The second-order valence-corrected chi connectivity index (χ2v) is 5.58. The molecular formula is C12H11BrClNO3S. The molecule has 0 saturated heterocycles. The van der Waals surface area contributed by atoms with Gasteiger partial charge in [0.15, 0.2) is 0 Å². The van der Waals surface area contributed by atoms with E-state index in [2.05, 4.69) is 15.9 Å². The van der Waals surface area contributed by atoms with Crippen LogP contribution in [0.2, 0.25) is 0 Å². The molecule has 0 bridgehead atoms. The van der Waals surface area contributed by atoms with Crippen LogP contribution < -0.4 is 5.73 Å². The van der Waals surface area contributed by atoms with Crippen molar-refractivity contribution in [3.8, 4) is 5.75 Å². The van der Waals surface area contributed by atoms with Crippen molar-refractivity contribution in [3.63, 3.8) is 0 Å². The average molecular weight is 365 g/mol. The number of hydrogen-bond donors (Lipinski definition) is 3. The third-order valence-corrected chi connectivity index (χ3v) is 3.93. The predicted octanol–water partition coefficient (Wildman–Crippen LogP) is 3.38. The van der Waals surface area contributed by atoms with Crippen LogP contribution >= 0.6 is 39.7 Å². The van der Waals surface area contributed by atoms with Gasteiger partial charge in [-0.3, -0.25) is 0 Å². The highest BCUT2D eigenvalue weighted by molar-refractivity contribution is 9.10. The van der Waals surface area contributed by atoms with E-state index in [1.165, 1.54) is 17.4 Å². The first-order chi connectivity index (χ1) is 8.50. The number of phenols is 1. The molecule has 102 valence electrons. The largest absolute Gasteiger partial charge is 0.507 e. The molecule has 1 aromatic carbocycles. The van der Waals surface area contributed by atoms with Crippen molar-refractivity contribution in [2.75, 3.05) is 0 Å². The maximum absolute atomic E-state index is 11.0. The summed E-state index contributed by atoms with van der Waals surface area (Å²) < 4.78 is 0.569. The molecule has 0 aliphatic rings. The summed E-state index contributed by atoms with van der Waals surface area (Å²) in [5.74, 6) is -1.47. The van der Waals surface area contributed by atoms with Crippen LogP contribution in [0, 0.1) is 0 Å². The smallest absolute Gasteiger partial charge is 0.339 e. The van der Waals surface area contributed by atoms with Crippen LogP contribution in [0.25, 0.3) is 0 Å². The zero-order valence-corrected chi connectivity index (χ0v) is 12.8. The molecule has 1 aromatic heterocycles. The molecule has 1 atom stereocenters. The highest BCUT2D eigenvalue weighted by Gasteiger charge is 2.20. The maximum Gasteiger partial charge on any atom is 0.339 e. The van der Waals surface area contributed by atoms with Crippen LogP contribution in [0.5, 0.6) is 5.75 Å². The van der Waals surface area contributed by atoms with Crippen molar-refractivity contribution in [1.29, 1.82) is 0 Å². The van der Waals surface area contributed by atoms with Gasteiger partial charge in [0.05, 0.1) is 6.04 Å². The Bertz CT molecular complexity index is 589. The number of carboxylic acids is 1. The third kappa shape index (κ3) is 3.27. The van der Waals surface area contributed by atoms with Crippen molar-refractivity contribution < 1.29 is 15.0 Å². The van der Waals surface area contributed by atoms with Gasteiger partial charge in [-0.05, 0) is 23.6 Å². The van der Waals surface area contributed by atoms with E-state index in [0.29, 0.717) is 10.0 Å². The summed E-state index contributed by atoms with van der Waals surface area (Å²) in [7, 11) is 0. The number of halogens is 2. The zero-order valence-electron chi connectivity index (χ0n) is 9.54. The van der Waals surface area contributed by atoms with Gasteiger partial charge in [0.25, 0.3) is 0 Å². The predicted molar refractivity (Wildman–Crippen MR) is 80.4 cm³/mol. The fourth-order valence-corrected chi connectivity index (χ4v) is 2.86. The minimum Gasteiger partial charge on any atom is -0.507 e. The Kier molecular flexibility index (Phi) is 5.37. The van der Waals surface area contributed by atoms with Gasteiger partial charge in [0.1, 0.15) is 11.3 Å². The van der Waals surface area contributed by atoms with Crippen molar-refractivity contribution in [2.24, 2.45) is 5.73 Å². The molecule has 1 heterocycles. The number of carbonyl (C=O) groups is 1. The van der Waals surface area contributed by atoms with E-state index in [1.54, 1.807) is 6.07 Å². The van der Waals surface area contributed by atoms with Crippen LogP contribution in [0.3, 0.4) is 0 Å². The van der Waals surface area contributed by atoms with E-state index >= 15 is 0 Å². The lowest BCUT2D eigenvalue weighted by Crippen LogP contribution is -2.12. The van der Waals surface area contributed by atoms with E-state index in [4.69, 9.17) is 10.8 Å². The maximum atomic E-state index is 11.0. The quantitative estimate of drug-likeness (QED) is 0.779. The fraction of sp³-hybridized carbons (Fsp3) is 0.0833. The van der Waals surface area contributed by atoms with Crippen LogP contribution in [-0.2, 0) is 0 Å². The molecule has 0 saturated carbocycles. The highest BCUT2D eigenvalue weighted by Crippen LogP contribution is 2.35. The monoisotopic (exact) mass is 363 g/mol. The molecule has 4 N–H and O–H groups in total. The number of aromatic carboxylic acids is 1. The molecule has 2 aromatic rings. The summed E-state index contributed by atoms with van der Waals surface area (Å²) in [6.45, 7) is 0. The number of benzene rings is 1. The first-order valence-corrected chi connectivity index (χ1v) is 6.72. The molecule has 2 rings (SSSR count). The molecule has 0 fully saturated rings. The van der Waals surface area contributed by atoms with Crippen LogP contribution in [0.15, 0.2) is 34.1 Å². The Labute approximate surface area is 128 Å². The Hall–Kier alpha value is -1.08. The molecule has 0 radical (unpaired) electrons. The molecule has 7 heteroatoms. The van der Waals surface area contributed by atoms with Crippen LogP contribution in [0.4, 0.5) is 0 Å². The second-order valence-electron chi connectivity index (χ2n) is 3.69. The van der Waals surface area contributed by atoms with Gasteiger partial charge < -0.3 is 15.9 Å². The SMILES string of the molecule is Cl.N[C@@H](c1cccs1)c1cc(Br)cc(C(=O)O)c1O. The van der Waals surface area contributed by atoms with Crippen molar-refractivity contribution in [2.45, 2.75) is 6.04 Å².